The van der Waals surface area contributed by atoms with E-state index in [1.165, 1.54) is 30.3 Å². The number of nitriles is 1. The fraction of sp³-hybridized carbons (Fsp3) is 0.355. The van der Waals surface area contributed by atoms with Crippen molar-refractivity contribution in [2.24, 2.45) is 0 Å². The van der Waals surface area contributed by atoms with Gasteiger partial charge >= 0.3 is 0 Å². The van der Waals surface area contributed by atoms with Crippen LogP contribution in [0.2, 0.25) is 5.02 Å². The zero-order valence-electron chi connectivity index (χ0n) is 23.6. The highest BCUT2D eigenvalue weighted by Gasteiger charge is 2.33. The van der Waals surface area contributed by atoms with E-state index in [9.17, 15) is 14.4 Å². The molecule has 0 saturated carbocycles. The Morgan fingerprint density at radius 1 is 1.31 bits per heavy atom. The third kappa shape index (κ3) is 5.54. The number of piperidine rings is 1. The Morgan fingerprint density at radius 2 is 2.05 bits per heavy atom. The summed E-state index contributed by atoms with van der Waals surface area (Å²) in [5, 5.41) is 10.1. The number of pyridine rings is 1. The van der Waals surface area contributed by atoms with E-state index in [1.54, 1.807) is 17.3 Å². The number of imidazole rings is 1. The van der Waals surface area contributed by atoms with Crippen molar-refractivity contribution in [2.75, 3.05) is 27.2 Å². The van der Waals surface area contributed by atoms with E-state index >= 15 is 4.39 Å². The number of hydrogen-bond acceptors (Lipinski definition) is 6. The van der Waals surface area contributed by atoms with E-state index < -0.39 is 11.6 Å². The zero-order chi connectivity index (χ0) is 30.1. The Balaban J connectivity index is 1.70. The summed E-state index contributed by atoms with van der Waals surface area (Å²) in [7, 11) is 3.85. The van der Waals surface area contributed by atoms with Crippen molar-refractivity contribution in [1.29, 1.82) is 5.26 Å². The Labute approximate surface area is 247 Å². The average molecular weight is 593 g/mol. The van der Waals surface area contributed by atoms with Crippen LogP contribution in [0.25, 0.3) is 33.1 Å². The van der Waals surface area contributed by atoms with Crippen molar-refractivity contribution in [3.05, 3.63) is 66.0 Å². The Morgan fingerprint density at radius 3 is 2.71 bits per heavy atom. The molecule has 0 spiro atoms. The minimum atomic E-state index is -0.655. The summed E-state index contributed by atoms with van der Waals surface area (Å²) in [6.45, 7) is 6.52. The number of carbonyl (C=O) groups excluding carboxylic acids is 1. The maximum absolute atomic E-state index is 16.4. The standard InChI is InChI=1S/C31H31ClF2N6O2/c1-5-25(41)39-13-11-22(14-21(39)10-12-35)40-17-36-29-30(40)23-15-24(32)26(19-6-8-20(33)9-7-19)27(34)28(23)37-31(29)42-18(2)16-38(3)4/h5-9,15,17-18,21-22H,1,10-11,13-14,16H2,2-4H3/t18-,21+,22-/m0/s1. The van der Waals surface area contributed by atoms with Gasteiger partial charge in [-0.2, -0.15) is 5.26 Å². The quantitative estimate of drug-likeness (QED) is 0.228. The number of fused-ring (bicyclic) bond motifs is 3. The van der Waals surface area contributed by atoms with Gasteiger partial charge in [0.05, 0.1) is 29.4 Å². The normalized spacial score (nSPS) is 17.9. The number of likely N-dealkylation sites (N-methyl/N-ethyl adjacent to an activating group) is 1. The fourth-order valence-corrected chi connectivity index (χ4v) is 6.11. The molecule has 218 valence electrons. The molecule has 0 aliphatic carbocycles. The van der Waals surface area contributed by atoms with Gasteiger partial charge in [0.2, 0.25) is 11.8 Å². The second-order valence-corrected chi connectivity index (χ2v) is 11.2. The average Bonchev–Trinajstić information content (AvgIpc) is 3.40. The minimum Gasteiger partial charge on any atom is -0.472 e. The first-order valence-corrected chi connectivity index (χ1v) is 14.1. The summed E-state index contributed by atoms with van der Waals surface area (Å²) in [6, 6.07) is 8.83. The van der Waals surface area contributed by atoms with Gasteiger partial charge in [0.1, 0.15) is 17.4 Å². The van der Waals surface area contributed by atoms with Crippen molar-refractivity contribution in [3.8, 4) is 23.1 Å². The minimum absolute atomic E-state index is 0.0490. The molecule has 11 heteroatoms. The molecule has 0 radical (unpaired) electrons. The SMILES string of the molecule is C=CC(=O)N1CC[C@H](n2cnc3c(O[C@@H](C)CN(C)C)nc4c(F)c(-c5ccc(F)cc5)c(Cl)cc4c32)C[C@H]1CC#N. The second-order valence-electron chi connectivity index (χ2n) is 10.8. The Bertz CT molecular complexity index is 1700. The van der Waals surface area contributed by atoms with Crippen LogP contribution in [0.1, 0.15) is 32.2 Å². The highest BCUT2D eigenvalue weighted by Crippen LogP contribution is 2.41. The smallest absolute Gasteiger partial charge is 0.246 e. The molecule has 1 amide bonds. The molecule has 2 aromatic carbocycles. The van der Waals surface area contributed by atoms with Crippen molar-refractivity contribution < 1.29 is 18.3 Å². The van der Waals surface area contributed by atoms with Crippen LogP contribution in [-0.2, 0) is 4.79 Å². The number of halogens is 3. The predicted octanol–water partition coefficient (Wildman–Crippen LogP) is 6.14. The topological polar surface area (TPSA) is 87.3 Å². The molecule has 0 N–H and O–H groups in total. The van der Waals surface area contributed by atoms with Crippen LogP contribution in [-0.4, -0.2) is 69.6 Å². The van der Waals surface area contributed by atoms with Gasteiger partial charge in [0.25, 0.3) is 0 Å². The maximum atomic E-state index is 16.4. The number of hydrogen-bond donors (Lipinski definition) is 0. The van der Waals surface area contributed by atoms with Gasteiger partial charge in [-0.25, -0.2) is 18.7 Å². The van der Waals surface area contributed by atoms with Gasteiger partial charge < -0.3 is 19.1 Å². The fourth-order valence-electron chi connectivity index (χ4n) is 5.81. The monoisotopic (exact) mass is 592 g/mol. The van der Waals surface area contributed by atoms with Crippen molar-refractivity contribution >= 4 is 39.4 Å². The lowest BCUT2D eigenvalue weighted by atomic mass is 9.94. The molecule has 42 heavy (non-hydrogen) atoms. The number of carbonyl (C=O) groups is 1. The largest absolute Gasteiger partial charge is 0.472 e. The van der Waals surface area contributed by atoms with Crippen molar-refractivity contribution in [1.82, 2.24) is 24.3 Å². The highest BCUT2D eigenvalue weighted by atomic mass is 35.5. The van der Waals surface area contributed by atoms with Gasteiger partial charge in [0.15, 0.2) is 11.3 Å². The third-order valence-corrected chi connectivity index (χ3v) is 7.89. The lowest BCUT2D eigenvalue weighted by Gasteiger charge is -2.38. The predicted molar refractivity (Wildman–Crippen MR) is 158 cm³/mol. The summed E-state index contributed by atoms with van der Waals surface area (Å²) < 4.78 is 38.2. The number of amides is 1. The van der Waals surface area contributed by atoms with Crippen LogP contribution in [0.15, 0.2) is 49.3 Å². The van der Waals surface area contributed by atoms with E-state index in [4.69, 9.17) is 16.3 Å². The van der Waals surface area contributed by atoms with E-state index in [0.717, 1.165) is 0 Å². The van der Waals surface area contributed by atoms with Gasteiger partial charge in [-0.05, 0) is 63.7 Å². The number of benzene rings is 2. The highest BCUT2D eigenvalue weighted by molar-refractivity contribution is 6.34. The number of rotatable bonds is 8. The third-order valence-electron chi connectivity index (χ3n) is 7.59. The summed E-state index contributed by atoms with van der Waals surface area (Å²) in [4.78, 5) is 25.4. The molecule has 1 fully saturated rings. The molecule has 2 aromatic heterocycles. The molecule has 3 heterocycles. The molecular weight excluding hydrogens is 562 g/mol. The van der Waals surface area contributed by atoms with Crippen LogP contribution in [0.4, 0.5) is 8.78 Å². The molecule has 0 bridgehead atoms. The molecular formula is C31H31ClF2N6O2. The summed E-state index contributed by atoms with van der Waals surface area (Å²) >= 11 is 6.69. The summed E-state index contributed by atoms with van der Waals surface area (Å²) in [5.74, 6) is -1.13. The summed E-state index contributed by atoms with van der Waals surface area (Å²) in [6.07, 6.45) is 3.92. The van der Waals surface area contributed by atoms with Crippen molar-refractivity contribution in [3.63, 3.8) is 0 Å². The van der Waals surface area contributed by atoms with Crippen LogP contribution >= 0.6 is 11.6 Å². The van der Waals surface area contributed by atoms with Gasteiger partial charge in [-0.1, -0.05) is 30.3 Å². The zero-order valence-corrected chi connectivity index (χ0v) is 24.4. The molecule has 1 aliphatic heterocycles. The second kappa shape index (κ2) is 12.0. The van der Waals surface area contributed by atoms with E-state index in [-0.39, 0.29) is 52.5 Å². The molecule has 8 nitrogen and oxygen atoms in total. The van der Waals surface area contributed by atoms with Gasteiger partial charge in [-0.3, -0.25) is 4.79 Å². The van der Waals surface area contributed by atoms with Crippen LogP contribution in [0.5, 0.6) is 5.88 Å². The first-order valence-electron chi connectivity index (χ1n) is 13.7. The maximum Gasteiger partial charge on any atom is 0.246 e. The number of aromatic nitrogens is 3. The molecule has 1 saturated heterocycles. The number of nitrogens with zero attached hydrogens (tertiary/aromatic N) is 6. The molecule has 4 aromatic rings. The van der Waals surface area contributed by atoms with E-state index in [2.05, 4.69) is 22.6 Å². The molecule has 0 unspecified atom stereocenters. The lowest BCUT2D eigenvalue weighted by Crippen LogP contribution is -2.45. The molecule has 1 aliphatic rings. The summed E-state index contributed by atoms with van der Waals surface area (Å²) in [5.41, 5.74) is 1.63. The first kappa shape index (κ1) is 29.4. The van der Waals surface area contributed by atoms with Gasteiger partial charge in [-0.15, -0.1) is 0 Å². The number of likely N-dealkylation sites (tertiary alicyclic amines) is 1. The van der Waals surface area contributed by atoms with Crippen LogP contribution in [0.3, 0.4) is 0 Å². The molecule has 3 atom stereocenters. The number of ether oxygens (including phenoxy) is 1. The Hall–Kier alpha value is -4.07. The van der Waals surface area contributed by atoms with Crippen molar-refractivity contribution in [2.45, 2.75) is 44.4 Å². The van der Waals surface area contributed by atoms with E-state index in [1.807, 2.05) is 30.5 Å². The van der Waals surface area contributed by atoms with E-state index in [0.29, 0.717) is 47.9 Å². The van der Waals surface area contributed by atoms with Crippen LogP contribution < -0.4 is 4.74 Å². The molecule has 5 rings (SSSR count). The van der Waals surface area contributed by atoms with Gasteiger partial charge in [0, 0.05) is 36.1 Å². The van der Waals surface area contributed by atoms with Crippen LogP contribution in [0, 0.1) is 23.0 Å². The lowest BCUT2D eigenvalue weighted by molar-refractivity contribution is -0.130. The first-order chi connectivity index (χ1) is 20.1. The Kier molecular flexibility index (Phi) is 8.43.